The molecule has 1 aromatic carbocycles. The van der Waals surface area contributed by atoms with Crippen molar-refractivity contribution in [1.29, 1.82) is 0 Å². The van der Waals surface area contributed by atoms with Crippen molar-refractivity contribution in [2.75, 3.05) is 0 Å². The molecule has 0 unspecified atom stereocenters. The van der Waals surface area contributed by atoms with Crippen LogP contribution in [0.3, 0.4) is 0 Å². The minimum atomic E-state index is 0.618. The predicted octanol–water partition coefficient (Wildman–Crippen LogP) is 4.53. The number of rotatable bonds is 4. The number of nitrogens with zero attached hydrogens (tertiary/aromatic N) is 2. The lowest BCUT2D eigenvalue weighted by Gasteiger charge is -2.07. The third-order valence-electron chi connectivity index (χ3n) is 2.90. The van der Waals surface area contributed by atoms with E-state index in [2.05, 4.69) is 71.7 Å². The van der Waals surface area contributed by atoms with Gasteiger partial charge in [-0.3, -0.25) is 4.68 Å². The van der Waals surface area contributed by atoms with E-state index < -0.39 is 0 Å². The van der Waals surface area contributed by atoms with E-state index in [1.165, 1.54) is 11.3 Å². The number of aryl methyl sites for hydroxylation is 1. The van der Waals surface area contributed by atoms with Crippen LogP contribution in [0.15, 0.2) is 34.8 Å². The first kappa shape index (κ1) is 13.3. The van der Waals surface area contributed by atoms with E-state index >= 15 is 0 Å². The summed E-state index contributed by atoms with van der Waals surface area (Å²) in [4.78, 5) is 0. The van der Waals surface area contributed by atoms with Crippen LogP contribution in [0.1, 0.15) is 26.5 Å². The van der Waals surface area contributed by atoms with E-state index in [1.54, 1.807) is 0 Å². The second-order valence-corrected chi connectivity index (χ2v) is 5.87. The Labute approximate surface area is 117 Å². The van der Waals surface area contributed by atoms with Crippen LogP contribution in [-0.2, 0) is 13.0 Å². The zero-order valence-electron chi connectivity index (χ0n) is 11.2. The quantitative estimate of drug-likeness (QED) is 0.811. The van der Waals surface area contributed by atoms with Crippen molar-refractivity contribution in [3.63, 3.8) is 0 Å². The fraction of sp³-hybridized carbons (Fsp3) is 0.400. The van der Waals surface area contributed by atoms with Gasteiger partial charge in [0.25, 0.3) is 0 Å². The van der Waals surface area contributed by atoms with Gasteiger partial charge in [0.05, 0.1) is 5.69 Å². The fourth-order valence-corrected chi connectivity index (χ4v) is 2.27. The molecule has 1 aromatic heterocycles. The van der Waals surface area contributed by atoms with Gasteiger partial charge in [-0.05, 0) is 30.5 Å². The highest BCUT2D eigenvalue weighted by molar-refractivity contribution is 9.10. The van der Waals surface area contributed by atoms with E-state index in [9.17, 15) is 0 Å². The van der Waals surface area contributed by atoms with Crippen molar-refractivity contribution >= 4 is 15.9 Å². The lowest BCUT2D eigenvalue weighted by atomic mass is 10.1. The van der Waals surface area contributed by atoms with Gasteiger partial charge in [-0.2, -0.15) is 5.10 Å². The normalized spacial score (nSPS) is 11.2. The molecule has 0 saturated heterocycles. The molecule has 0 fully saturated rings. The Balaban J connectivity index is 2.34. The number of hydrogen-bond donors (Lipinski definition) is 0. The number of aromatic nitrogens is 2. The molecule has 0 bridgehead atoms. The standard InChI is InChI=1S/C15H19BrN2/c1-4-14-9-15(17-18(14)10-11(2)3)12-5-7-13(16)8-6-12/h5-9,11H,4,10H2,1-3H3. The van der Waals surface area contributed by atoms with Crippen LogP contribution >= 0.6 is 15.9 Å². The van der Waals surface area contributed by atoms with Crippen LogP contribution in [0.25, 0.3) is 11.3 Å². The number of hydrogen-bond acceptors (Lipinski definition) is 1. The molecule has 1 heterocycles. The molecular formula is C15H19BrN2. The first-order valence-corrected chi connectivity index (χ1v) is 7.22. The lowest BCUT2D eigenvalue weighted by Crippen LogP contribution is -2.09. The second kappa shape index (κ2) is 5.70. The van der Waals surface area contributed by atoms with Crippen LogP contribution in [0.5, 0.6) is 0 Å². The SMILES string of the molecule is CCc1cc(-c2ccc(Br)cc2)nn1CC(C)C. The van der Waals surface area contributed by atoms with Gasteiger partial charge in [0.2, 0.25) is 0 Å². The maximum atomic E-state index is 4.72. The van der Waals surface area contributed by atoms with Gasteiger partial charge in [-0.1, -0.05) is 48.8 Å². The third-order valence-corrected chi connectivity index (χ3v) is 3.43. The summed E-state index contributed by atoms with van der Waals surface area (Å²) in [7, 11) is 0. The van der Waals surface area contributed by atoms with Gasteiger partial charge >= 0.3 is 0 Å². The Bertz CT molecular complexity index is 512. The molecule has 0 amide bonds. The van der Waals surface area contributed by atoms with E-state index in [1.807, 2.05) is 0 Å². The summed E-state index contributed by atoms with van der Waals surface area (Å²) in [6.07, 6.45) is 1.02. The van der Waals surface area contributed by atoms with Gasteiger partial charge in [0.15, 0.2) is 0 Å². The third kappa shape index (κ3) is 3.02. The molecule has 2 aromatic rings. The van der Waals surface area contributed by atoms with Gasteiger partial charge in [0.1, 0.15) is 0 Å². The highest BCUT2D eigenvalue weighted by Gasteiger charge is 2.09. The van der Waals surface area contributed by atoms with Crippen molar-refractivity contribution < 1.29 is 0 Å². The molecule has 2 rings (SSSR count). The lowest BCUT2D eigenvalue weighted by molar-refractivity contribution is 0.471. The summed E-state index contributed by atoms with van der Waals surface area (Å²) < 4.78 is 3.24. The summed E-state index contributed by atoms with van der Waals surface area (Å²) in [5.41, 5.74) is 3.55. The van der Waals surface area contributed by atoms with Gasteiger partial charge in [0, 0.05) is 22.3 Å². The predicted molar refractivity (Wildman–Crippen MR) is 79.6 cm³/mol. The molecule has 0 aliphatic heterocycles. The Morgan fingerprint density at radius 2 is 1.89 bits per heavy atom. The van der Waals surface area contributed by atoms with Gasteiger partial charge in [-0.15, -0.1) is 0 Å². The monoisotopic (exact) mass is 306 g/mol. The molecule has 96 valence electrons. The topological polar surface area (TPSA) is 17.8 Å². The first-order chi connectivity index (χ1) is 8.60. The Kier molecular flexibility index (Phi) is 4.23. The molecule has 0 spiro atoms. The van der Waals surface area contributed by atoms with E-state index in [4.69, 9.17) is 5.10 Å². The zero-order valence-corrected chi connectivity index (χ0v) is 12.7. The molecule has 3 heteroatoms. The molecule has 0 aliphatic carbocycles. The van der Waals surface area contributed by atoms with Crippen molar-refractivity contribution in [2.45, 2.75) is 33.7 Å². The van der Waals surface area contributed by atoms with Crippen LogP contribution < -0.4 is 0 Å². The largest absolute Gasteiger partial charge is 0.269 e. The molecule has 0 aliphatic rings. The summed E-state index contributed by atoms with van der Waals surface area (Å²) in [5, 5.41) is 4.72. The van der Waals surface area contributed by atoms with E-state index in [-0.39, 0.29) is 0 Å². The molecule has 0 N–H and O–H groups in total. The maximum absolute atomic E-state index is 4.72. The first-order valence-electron chi connectivity index (χ1n) is 6.42. The number of benzene rings is 1. The van der Waals surface area contributed by atoms with Crippen molar-refractivity contribution in [3.05, 3.63) is 40.5 Å². The highest BCUT2D eigenvalue weighted by atomic mass is 79.9. The van der Waals surface area contributed by atoms with Crippen LogP contribution in [0, 0.1) is 5.92 Å². The molecule has 2 nitrogen and oxygen atoms in total. The average Bonchev–Trinajstić information content (AvgIpc) is 2.72. The number of halogens is 1. The van der Waals surface area contributed by atoms with Crippen LogP contribution in [0.2, 0.25) is 0 Å². The minimum Gasteiger partial charge on any atom is -0.269 e. The Morgan fingerprint density at radius 3 is 2.44 bits per heavy atom. The van der Waals surface area contributed by atoms with Gasteiger partial charge in [-0.25, -0.2) is 0 Å². The average molecular weight is 307 g/mol. The van der Waals surface area contributed by atoms with Gasteiger partial charge < -0.3 is 0 Å². The molecule has 0 radical (unpaired) electrons. The second-order valence-electron chi connectivity index (χ2n) is 4.96. The summed E-state index contributed by atoms with van der Waals surface area (Å²) in [6, 6.07) is 10.5. The summed E-state index contributed by atoms with van der Waals surface area (Å²) in [5.74, 6) is 0.618. The Morgan fingerprint density at radius 1 is 1.22 bits per heavy atom. The molecular weight excluding hydrogens is 288 g/mol. The minimum absolute atomic E-state index is 0.618. The fourth-order valence-electron chi connectivity index (χ4n) is 2.01. The highest BCUT2D eigenvalue weighted by Crippen LogP contribution is 2.22. The van der Waals surface area contributed by atoms with Crippen molar-refractivity contribution in [1.82, 2.24) is 9.78 Å². The molecule has 0 saturated carbocycles. The van der Waals surface area contributed by atoms with E-state index in [0.717, 1.165) is 23.1 Å². The Hall–Kier alpha value is -1.09. The molecule has 18 heavy (non-hydrogen) atoms. The van der Waals surface area contributed by atoms with Crippen LogP contribution in [-0.4, -0.2) is 9.78 Å². The van der Waals surface area contributed by atoms with Crippen LogP contribution in [0.4, 0.5) is 0 Å². The van der Waals surface area contributed by atoms with Crippen molar-refractivity contribution in [2.24, 2.45) is 5.92 Å². The summed E-state index contributed by atoms with van der Waals surface area (Å²) >= 11 is 3.46. The van der Waals surface area contributed by atoms with E-state index in [0.29, 0.717) is 5.92 Å². The zero-order chi connectivity index (χ0) is 13.1. The maximum Gasteiger partial charge on any atom is 0.0926 e. The summed E-state index contributed by atoms with van der Waals surface area (Å²) in [6.45, 7) is 7.61. The molecule has 0 atom stereocenters. The smallest absolute Gasteiger partial charge is 0.0926 e. The van der Waals surface area contributed by atoms with Crippen molar-refractivity contribution in [3.8, 4) is 11.3 Å².